The van der Waals surface area contributed by atoms with Crippen molar-refractivity contribution in [1.82, 2.24) is 4.98 Å². The van der Waals surface area contributed by atoms with Crippen molar-refractivity contribution in [2.75, 3.05) is 0 Å². The van der Waals surface area contributed by atoms with Crippen LogP contribution < -0.4 is 0 Å². The first-order valence-corrected chi connectivity index (χ1v) is 4.55. The van der Waals surface area contributed by atoms with E-state index >= 15 is 0 Å². The molecule has 0 atom stereocenters. The van der Waals surface area contributed by atoms with Crippen molar-refractivity contribution >= 4 is 33.0 Å². The van der Waals surface area contributed by atoms with Crippen molar-refractivity contribution in [3.63, 3.8) is 0 Å². The van der Waals surface area contributed by atoms with Gasteiger partial charge < -0.3 is 0 Å². The molecule has 0 fully saturated rings. The summed E-state index contributed by atoms with van der Waals surface area (Å²) in [6.07, 6.45) is 0.528. The predicted molar refractivity (Wildman–Crippen MR) is 44.4 cm³/mol. The monoisotopic (exact) mass is 219 g/mol. The summed E-state index contributed by atoms with van der Waals surface area (Å²) >= 11 is 4.55. The fourth-order valence-electron chi connectivity index (χ4n) is 0.533. The SMILES string of the molecule is CCC(=O)c1nc(Br)cs1. The zero-order valence-electron chi connectivity index (χ0n) is 5.43. The fraction of sp³-hybridized carbons (Fsp3) is 0.333. The van der Waals surface area contributed by atoms with E-state index in [4.69, 9.17) is 0 Å². The molecule has 1 heterocycles. The minimum absolute atomic E-state index is 0.107. The third kappa shape index (κ3) is 1.64. The van der Waals surface area contributed by atoms with E-state index in [2.05, 4.69) is 20.9 Å². The molecule has 1 rings (SSSR count). The van der Waals surface area contributed by atoms with Crippen LogP contribution in [-0.2, 0) is 0 Å². The Morgan fingerprint density at radius 2 is 2.60 bits per heavy atom. The van der Waals surface area contributed by atoms with Gasteiger partial charge in [-0.3, -0.25) is 4.79 Å². The number of aromatic nitrogens is 1. The van der Waals surface area contributed by atoms with Gasteiger partial charge in [-0.1, -0.05) is 6.92 Å². The van der Waals surface area contributed by atoms with Crippen LogP contribution in [0, 0.1) is 0 Å². The largest absolute Gasteiger partial charge is 0.292 e. The molecule has 0 aliphatic rings. The van der Waals surface area contributed by atoms with Crippen molar-refractivity contribution in [2.45, 2.75) is 13.3 Å². The van der Waals surface area contributed by atoms with E-state index in [1.54, 1.807) is 0 Å². The molecule has 4 heteroatoms. The number of carbonyl (C=O) groups is 1. The number of Topliss-reactive ketones (excluding diaryl/α,β-unsaturated/α-hetero) is 1. The van der Waals surface area contributed by atoms with Gasteiger partial charge in [0.2, 0.25) is 0 Å². The Balaban J connectivity index is 2.85. The Hall–Kier alpha value is -0.220. The van der Waals surface area contributed by atoms with Crippen molar-refractivity contribution in [3.05, 3.63) is 15.0 Å². The average molecular weight is 220 g/mol. The number of halogens is 1. The number of rotatable bonds is 2. The molecule has 2 nitrogen and oxygen atoms in total. The molecule has 54 valence electrons. The molecule has 0 saturated heterocycles. The number of hydrogen-bond donors (Lipinski definition) is 0. The van der Waals surface area contributed by atoms with Gasteiger partial charge in [0.05, 0.1) is 0 Å². The highest BCUT2D eigenvalue weighted by Crippen LogP contribution is 2.15. The van der Waals surface area contributed by atoms with E-state index in [0.29, 0.717) is 11.4 Å². The Morgan fingerprint density at radius 1 is 1.90 bits per heavy atom. The van der Waals surface area contributed by atoms with Gasteiger partial charge in [-0.25, -0.2) is 4.98 Å². The number of thiazole rings is 1. The zero-order valence-corrected chi connectivity index (χ0v) is 7.83. The summed E-state index contributed by atoms with van der Waals surface area (Å²) in [5.41, 5.74) is 0. The van der Waals surface area contributed by atoms with Gasteiger partial charge >= 0.3 is 0 Å². The molecule has 1 aromatic heterocycles. The minimum atomic E-state index is 0.107. The second-order valence-electron chi connectivity index (χ2n) is 1.75. The topological polar surface area (TPSA) is 30.0 Å². The van der Waals surface area contributed by atoms with Gasteiger partial charge in [0.25, 0.3) is 0 Å². The second kappa shape index (κ2) is 3.25. The van der Waals surface area contributed by atoms with Crippen molar-refractivity contribution in [3.8, 4) is 0 Å². The summed E-state index contributed by atoms with van der Waals surface area (Å²) in [6, 6.07) is 0. The lowest BCUT2D eigenvalue weighted by Crippen LogP contribution is -1.93. The molecule has 0 bridgehead atoms. The highest BCUT2D eigenvalue weighted by Gasteiger charge is 2.06. The van der Waals surface area contributed by atoms with Crippen LogP contribution in [0.2, 0.25) is 0 Å². The quantitative estimate of drug-likeness (QED) is 0.716. The maximum atomic E-state index is 11.0. The standard InChI is InChI=1S/C6H6BrNOS/c1-2-4(9)6-8-5(7)3-10-6/h3H,2H2,1H3. The van der Waals surface area contributed by atoms with E-state index in [-0.39, 0.29) is 5.78 Å². The molecule has 0 radical (unpaired) electrons. The smallest absolute Gasteiger partial charge is 0.191 e. The average Bonchev–Trinajstić information content (AvgIpc) is 2.34. The summed E-state index contributed by atoms with van der Waals surface area (Å²) < 4.78 is 0.745. The van der Waals surface area contributed by atoms with E-state index in [1.165, 1.54) is 11.3 Å². The van der Waals surface area contributed by atoms with Crippen LogP contribution in [0.15, 0.2) is 9.98 Å². The van der Waals surface area contributed by atoms with Gasteiger partial charge in [-0.05, 0) is 15.9 Å². The first kappa shape index (κ1) is 7.88. The van der Waals surface area contributed by atoms with Crippen LogP contribution in [0.25, 0.3) is 0 Å². The number of nitrogens with zero attached hydrogens (tertiary/aromatic N) is 1. The van der Waals surface area contributed by atoms with Crippen LogP contribution in [0.5, 0.6) is 0 Å². The summed E-state index contributed by atoms with van der Waals surface area (Å²) in [4.78, 5) is 14.9. The van der Waals surface area contributed by atoms with Crippen LogP contribution in [-0.4, -0.2) is 10.8 Å². The Morgan fingerprint density at radius 3 is 3.00 bits per heavy atom. The lowest BCUT2D eigenvalue weighted by Gasteiger charge is -1.85. The summed E-state index contributed by atoms with van der Waals surface area (Å²) in [6.45, 7) is 1.83. The zero-order chi connectivity index (χ0) is 7.56. The Kier molecular flexibility index (Phi) is 2.56. The lowest BCUT2D eigenvalue weighted by atomic mass is 10.3. The van der Waals surface area contributed by atoms with Crippen molar-refractivity contribution < 1.29 is 4.79 Å². The first-order valence-electron chi connectivity index (χ1n) is 2.88. The molecule has 0 unspecified atom stereocenters. The molecule has 0 aromatic carbocycles. The first-order chi connectivity index (χ1) is 4.74. The molecule has 0 saturated carbocycles. The van der Waals surface area contributed by atoms with Gasteiger partial charge in [-0.2, -0.15) is 0 Å². The van der Waals surface area contributed by atoms with Gasteiger partial charge in [0.15, 0.2) is 10.8 Å². The normalized spacial score (nSPS) is 9.80. The molecule has 0 N–H and O–H groups in total. The molecule has 0 spiro atoms. The van der Waals surface area contributed by atoms with Gasteiger partial charge in [0.1, 0.15) is 4.60 Å². The molecular weight excluding hydrogens is 214 g/mol. The van der Waals surface area contributed by atoms with E-state index < -0.39 is 0 Å². The molecule has 1 aromatic rings. The highest BCUT2D eigenvalue weighted by molar-refractivity contribution is 9.10. The third-order valence-electron chi connectivity index (χ3n) is 1.04. The molecule has 0 amide bonds. The van der Waals surface area contributed by atoms with Crippen LogP contribution in [0.1, 0.15) is 23.1 Å². The van der Waals surface area contributed by atoms with Crippen molar-refractivity contribution in [2.24, 2.45) is 0 Å². The van der Waals surface area contributed by atoms with Crippen LogP contribution in [0.4, 0.5) is 0 Å². The Bertz CT molecular complexity index is 246. The summed E-state index contributed by atoms with van der Waals surface area (Å²) in [5.74, 6) is 0.107. The summed E-state index contributed by atoms with van der Waals surface area (Å²) in [7, 11) is 0. The molecule has 0 aliphatic carbocycles. The Labute approximate surface area is 71.4 Å². The van der Waals surface area contributed by atoms with Crippen molar-refractivity contribution in [1.29, 1.82) is 0 Å². The van der Waals surface area contributed by atoms with Gasteiger partial charge in [-0.15, -0.1) is 11.3 Å². The number of ketones is 1. The lowest BCUT2D eigenvalue weighted by molar-refractivity contribution is 0.0987. The molecule has 10 heavy (non-hydrogen) atoms. The van der Waals surface area contributed by atoms with E-state index in [0.717, 1.165) is 4.60 Å². The maximum absolute atomic E-state index is 11.0. The van der Waals surface area contributed by atoms with E-state index in [1.807, 2.05) is 12.3 Å². The third-order valence-corrected chi connectivity index (χ3v) is 2.63. The van der Waals surface area contributed by atoms with Gasteiger partial charge in [0, 0.05) is 11.8 Å². The summed E-state index contributed by atoms with van der Waals surface area (Å²) in [5, 5.41) is 2.40. The molecule has 0 aliphatic heterocycles. The number of carbonyl (C=O) groups excluding carboxylic acids is 1. The van der Waals surface area contributed by atoms with Crippen LogP contribution >= 0.6 is 27.3 Å². The molecular formula is C6H6BrNOS. The number of hydrogen-bond acceptors (Lipinski definition) is 3. The fourth-order valence-corrected chi connectivity index (χ4v) is 1.80. The van der Waals surface area contributed by atoms with Crippen LogP contribution in [0.3, 0.4) is 0 Å². The highest BCUT2D eigenvalue weighted by atomic mass is 79.9. The second-order valence-corrected chi connectivity index (χ2v) is 3.42. The van der Waals surface area contributed by atoms with E-state index in [9.17, 15) is 4.79 Å². The maximum Gasteiger partial charge on any atom is 0.191 e. The predicted octanol–water partition coefficient (Wildman–Crippen LogP) is 2.50. The minimum Gasteiger partial charge on any atom is -0.292 e.